The lowest BCUT2D eigenvalue weighted by Crippen LogP contribution is -2.11. The van der Waals surface area contributed by atoms with Gasteiger partial charge in [-0.2, -0.15) is 4.80 Å². The third kappa shape index (κ3) is 3.70. The Morgan fingerprint density at radius 1 is 1.17 bits per heavy atom. The van der Waals surface area contributed by atoms with Gasteiger partial charge in [0.25, 0.3) is 5.91 Å². The van der Waals surface area contributed by atoms with Crippen LogP contribution in [-0.2, 0) is 0 Å². The quantitative estimate of drug-likeness (QED) is 0.380. The molecule has 0 saturated carbocycles. The molecule has 0 aliphatic rings. The van der Waals surface area contributed by atoms with Gasteiger partial charge in [0.15, 0.2) is 5.76 Å². The second-order valence-electron chi connectivity index (χ2n) is 6.42. The first-order chi connectivity index (χ1) is 14.4. The van der Waals surface area contributed by atoms with Crippen LogP contribution < -0.4 is 10.1 Å². The van der Waals surface area contributed by atoms with Gasteiger partial charge >= 0.3 is 5.88 Å². The van der Waals surface area contributed by atoms with E-state index in [1.165, 1.54) is 10.9 Å². The molecular weight excluding hydrogens is 390 g/mol. The van der Waals surface area contributed by atoms with E-state index in [1.807, 2.05) is 38.1 Å². The van der Waals surface area contributed by atoms with Gasteiger partial charge in [0.2, 0.25) is 0 Å². The van der Waals surface area contributed by atoms with E-state index in [0.717, 1.165) is 23.1 Å². The number of nitrogens with one attached hydrogen (secondary N) is 1. The molecule has 4 aromatic rings. The summed E-state index contributed by atoms with van der Waals surface area (Å²) in [7, 11) is 0. The Hall–Kier alpha value is -4.21. The lowest BCUT2D eigenvalue weighted by atomic mass is 10.1. The Kier molecular flexibility index (Phi) is 4.88. The zero-order valence-corrected chi connectivity index (χ0v) is 16.2. The summed E-state index contributed by atoms with van der Waals surface area (Å²) in [5.41, 5.74) is 3.27. The number of carbonyl (C=O) groups is 1. The van der Waals surface area contributed by atoms with E-state index < -0.39 is 16.7 Å². The van der Waals surface area contributed by atoms with Crippen LogP contribution in [0.4, 0.5) is 11.6 Å². The number of nitro groups is 1. The summed E-state index contributed by atoms with van der Waals surface area (Å²) < 4.78 is 10.4. The van der Waals surface area contributed by atoms with E-state index in [1.54, 1.807) is 12.1 Å². The second-order valence-corrected chi connectivity index (χ2v) is 6.42. The first-order valence-corrected chi connectivity index (χ1v) is 9.11. The van der Waals surface area contributed by atoms with Crippen molar-refractivity contribution < 1.29 is 18.9 Å². The summed E-state index contributed by atoms with van der Waals surface area (Å²) in [6.45, 7) is 4.32. The number of rotatable bonds is 6. The molecule has 0 atom stereocenters. The van der Waals surface area contributed by atoms with Crippen molar-refractivity contribution in [3.63, 3.8) is 0 Å². The van der Waals surface area contributed by atoms with Gasteiger partial charge in [0.05, 0.1) is 18.4 Å². The van der Waals surface area contributed by atoms with Gasteiger partial charge < -0.3 is 14.5 Å². The number of furan rings is 1. The molecule has 10 heteroatoms. The number of benzene rings is 2. The molecule has 2 aromatic heterocycles. The maximum absolute atomic E-state index is 12.4. The van der Waals surface area contributed by atoms with E-state index in [2.05, 4.69) is 15.5 Å². The summed E-state index contributed by atoms with van der Waals surface area (Å²) in [4.78, 5) is 23.9. The first-order valence-electron chi connectivity index (χ1n) is 9.11. The maximum Gasteiger partial charge on any atom is 0.433 e. The first kappa shape index (κ1) is 19.1. The van der Waals surface area contributed by atoms with Gasteiger partial charge in [-0.25, -0.2) is 0 Å². The molecule has 1 N–H and O–H groups in total. The van der Waals surface area contributed by atoms with Crippen LogP contribution in [0.2, 0.25) is 0 Å². The topological polar surface area (TPSA) is 125 Å². The van der Waals surface area contributed by atoms with Crippen LogP contribution >= 0.6 is 0 Å². The van der Waals surface area contributed by atoms with E-state index in [0.29, 0.717) is 23.3 Å². The largest absolute Gasteiger partial charge is 0.494 e. The Labute approximate surface area is 170 Å². The molecule has 0 unspecified atom stereocenters. The Morgan fingerprint density at radius 2 is 1.87 bits per heavy atom. The molecule has 10 nitrogen and oxygen atoms in total. The molecule has 0 radical (unpaired) electrons. The fraction of sp³-hybridized carbons (Fsp3) is 0.150. The highest BCUT2D eigenvalue weighted by molar-refractivity contribution is 6.03. The summed E-state index contributed by atoms with van der Waals surface area (Å²) in [5, 5.41) is 22.4. The zero-order chi connectivity index (χ0) is 21.3. The van der Waals surface area contributed by atoms with Crippen molar-refractivity contribution in [2.45, 2.75) is 13.8 Å². The van der Waals surface area contributed by atoms with E-state index >= 15 is 0 Å². The monoisotopic (exact) mass is 407 g/mol. The van der Waals surface area contributed by atoms with Crippen LogP contribution in [0, 0.1) is 17.0 Å². The van der Waals surface area contributed by atoms with Crippen LogP contribution in [0.5, 0.6) is 5.75 Å². The van der Waals surface area contributed by atoms with Gasteiger partial charge in [0.1, 0.15) is 21.7 Å². The molecular formula is C20H17N5O5. The second kappa shape index (κ2) is 7.66. The summed E-state index contributed by atoms with van der Waals surface area (Å²) in [6.07, 6.45) is 0. The summed E-state index contributed by atoms with van der Waals surface area (Å²) in [5.74, 6) is -0.480. The molecule has 0 bridgehead atoms. The molecule has 152 valence electrons. The lowest BCUT2D eigenvalue weighted by Gasteiger charge is -2.06. The van der Waals surface area contributed by atoms with Crippen molar-refractivity contribution in [3.05, 3.63) is 70.0 Å². The predicted molar refractivity (Wildman–Crippen MR) is 108 cm³/mol. The minimum absolute atomic E-state index is 0.153. The van der Waals surface area contributed by atoms with Crippen molar-refractivity contribution in [3.8, 4) is 11.4 Å². The van der Waals surface area contributed by atoms with Crippen LogP contribution in [0.3, 0.4) is 0 Å². The highest BCUT2D eigenvalue weighted by Crippen LogP contribution is 2.24. The minimum atomic E-state index is -0.701. The van der Waals surface area contributed by atoms with Gasteiger partial charge in [0, 0.05) is 5.69 Å². The average Bonchev–Trinajstić information content (AvgIpc) is 3.36. The van der Waals surface area contributed by atoms with Crippen LogP contribution in [0.1, 0.15) is 23.0 Å². The molecule has 0 aliphatic heterocycles. The van der Waals surface area contributed by atoms with Gasteiger partial charge in [-0.05, 0) is 61.9 Å². The van der Waals surface area contributed by atoms with Crippen molar-refractivity contribution in [2.75, 3.05) is 11.9 Å². The Balaban J connectivity index is 1.59. The van der Waals surface area contributed by atoms with Gasteiger partial charge in [-0.15, -0.1) is 10.2 Å². The number of aromatic nitrogens is 3. The van der Waals surface area contributed by atoms with Crippen LogP contribution in [0.15, 0.2) is 52.9 Å². The fourth-order valence-electron chi connectivity index (χ4n) is 2.89. The molecule has 0 fully saturated rings. The minimum Gasteiger partial charge on any atom is -0.494 e. The fourth-order valence-corrected chi connectivity index (χ4v) is 2.89. The highest BCUT2D eigenvalue weighted by Gasteiger charge is 2.18. The van der Waals surface area contributed by atoms with E-state index in [-0.39, 0.29) is 5.76 Å². The molecule has 30 heavy (non-hydrogen) atoms. The molecule has 1 amide bonds. The number of amides is 1. The molecule has 0 aliphatic carbocycles. The average molecular weight is 407 g/mol. The number of anilines is 1. The molecule has 0 spiro atoms. The van der Waals surface area contributed by atoms with E-state index in [9.17, 15) is 14.9 Å². The number of hydrogen-bond acceptors (Lipinski definition) is 7. The molecule has 4 rings (SSSR count). The smallest absolute Gasteiger partial charge is 0.433 e. The summed E-state index contributed by atoms with van der Waals surface area (Å²) in [6, 6.07) is 13.3. The van der Waals surface area contributed by atoms with Crippen LogP contribution in [-0.4, -0.2) is 32.4 Å². The van der Waals surface area contributed by atoms with Crippen molar-refractivity contribution in [1.29, 1.82) is 0 Å². The highest BCUT2D eigenvalue weighted by atomic mass is 16.6. The Bertz CT molecular complexity index is 1240. The normalized spacial score (nSPS) is 10.9. The SMILES string of the molecule is CCOc1ccc(-n2nc3cc(C)c(NC(=O)c4ccc([N+](=O)[O-])o4)cc3n2)cc1. The third-order valence-electron chi connectivity index (χ3n) is 4.35. The number of nitrogens with zero attached hydrogens (tertiary/aromatic N) is 4. The van der Waals surface area contributed by atoms with Crippen molar-refractivity contribution >= 4 is 28.5 Å². The van der Waals surface area contributed by atoms with Gasteiger partial charge in [-0.3, -0.25) is 14.9 Å². The number of aryl methyl sites for hydroxylation is 1. The number of carbonyl (C=O) groups excluding carboxylic acids is 1. The Morgan fingerprint density at radius 3 is 2.50 bits per heavy atom. The summed E-state index contributed by atoms with van der Waals surface area (Å²) >= 11 is 0. The maximum atomic E-state index is 12.4. The van der Waals surface area contributed by atoms with Crippen molar-refractivity contribution in [1.82, 2.24) is 15.0 Å². The molecule has 0 saturated heterocycles. The zero-order valence-electron chi connectivity index (χ0n) is 16.2. The van der Waals surface area contributed by atoms with Crippen molar-refractivity contribution in [2.24, 2.45) is 0 Å². The third-order valence-corrected chi connectivity index (χ3v) is 4.35. The molecule has 2 heterocycles. The van der Waals surface area contributed by atoms with E-state index in [4.69, 9.17) is 9.15 Å². The number of fused-ring (bicyclic) bond motifs is 1. The molecule has 2 aromatic carbocycles. The predicted octanol–water partition coefficient (Wildman–Crippen LogP) is 3.88. The number of hydrogen-bond donors (Lipinski definition) is 1. The number of ether oxygens (including phenoxy) is 1. The van der Waals surface area contributed by atoms with Gasteiger partial charge in [-0.1, -0.05) is 0 Å². The standard InChI is InChI=1S/C20H17N5O5/c1-3-29-14-6-4-13(5-7-14)24-22-16-10-12(2)15(11-17(16)23-24)21-20(26)18-8-9-19(30-18)25(27)28/h4-11H,3H2,1-2H3,(H,21,26). The van der Waals surface area contributed by atoms with Crippen LogP contribution in [0.25, 0.3) is 16.7 Å². The lowest BCUT2D eigenvalue weighted by molar-refractivity contribution is -0.402.